The molecular formula is C19H17N7O2. The van der Waals surface area contributed by atoms with Crippen molar-refractivity contribution in [2.24, 2.45) is 5.16 Å². The first-order valence-electron chi connectivity index (χ1n) is 8.67. The molecule has 0 radical (unpaired) electrons. The number of carbonyl (C=O) groups excluding carboxylic acids is 1. The van der Waals surface area contributed by atoms with Gasteiger partial charge in [-0.1, -0.05) is 12.1 Å². The van der Waals surface area contributed by atoms with Crippen LogP contribution in [0.5, 0.6) is 0 Å². The molecule has 4 aromatic heterocycles. The van der Waals surface area contributed by atoms with Gasteiger partial charge in [0.2, 0.25) is 6.41 Å². The van der Waals surface area contributed by atoms with Crippen molar-refractivity contribution in [1.82, 2.24) is 24.6 Å². The van der Waals surface area contributed by atoms with E-state index in [0.29, 0.717) is 35.7 Å². The monoisotopic (exact) mass is 375 g/mol. The van der Waals surface area contributed by atoms with Gasteiger partial charge in [0.05, 0.1) is 11.2 Å². The number of nitrogens with zero attached hydrogens (tertiary/aromatic N) is 6. The Balaban J connectivity index is 1.92. The highest BCUT2D eigenvalue weighted by Crippen LogP contribution is 2.30. The fraction of sp³-hybridized carbons (Fsp3) is 0.158. The molecule has 140 valence electrons. The molecule has 28 heavy (non-hydrogen) atoms. The number of rotatable bonds is 5. The first-order valence-corrected chi connectivity index (χ1v) is 8.67. The van der Waals surface area contributed by atoms with Crippen LogP contribution in [0, 0.1) is 6.92 Å². The minimum Gasteiger partial charge on any atom is -0.411 e. The molecule has 0 aromatic carbocycles. The van der Waals surface area contributed by atoms with E-state index in [1.807, 2.05) is 26.0 Å². The van der Waals surface area contributed by atoms with Crippen molar-refractivity contribution in [2.75, 3.05) is 5.32 Å². The van der Waals surface area contributed by atoms with Crippen molar-refractivity contribution in [3.05, 3.63) is 48.2 Å². The summed E-state index contributed by atoms with van der Waals surface area (Å²) >= 11 is 0. The van der Waals surface area contributed by atoms with Gasteiger partial charge < -0.3 is 10.5 Å². The van der Waals surface area contributed by atoms with Crippen molar-refractivity contribution >= 4 is 34.5 Å². The molecule has 0 atom stereocenters. The number of hydrogen-bond acceptors (Lipinski definition) is 7. The Labute approximate surface area is 159 Å². The molecule has 9 heteroatoms. The highest BCUT2D eigenvalue weighted by Gasteiger charge is 2.15. The number of hydrogen-bond donors (Lipinski definition) is 2. The summed E-state index contributed by atoms with van der Waals surface area (Å²) in [5.41, 5.74) is 5.33. The largest absolute Gasteiger partial charge is 0.411 e. The third kappa shape index (κ3) is 2.82. The van der Waals surface area contributed by atoms with Gasteiger partial charge in [-0.15, -0.1) is 0 Å². The van der Waals surface area contributed by atoms with Crippen LogP contribution < -0.4 is 5.32 Å². The predicted molar refractivity (Wildman–Crippen MR) is 105 cm³/mol. The van der Waals surface area contributed by atoms with Gasteiger partial charge in [0.15, 0.2) is 5.65 Å². The number of pyridine rings is 3. The fourth-order valence-corrected chi connectivity index (χ4v) is 3.21. The number of aryl methyl sites for hydroxylation is 1. The molecule has 0 saturated heterocycles. The third-order valence-electron chi connectivity index (χ3n) is 4.59. The van der Waals surface area contributed by atoms with Crippen LogP contribution in [0.1, 0.15) is 24.6 Å². The van der Waals surface area contributed by atoms with Crippen LogP contribution in [0.15, 0.2) is 42.1 Å². The number of amides is 1. The summed E-state index contributed by atoms with van der Waals surface area (Å²) in [4.78, 5) is 23.8. The molecule has 0 aliphatic carbocycles. The second kappa shape index (κ2) is 7.03. The zero-order valence-electron chi connectivity index (χ0n) is 15.3. The summed E-state index contributed by atoms with van der Waals surface area (Å²) in [6, 6.07) is 5.61. The van der Waals surface area contributed by atoms with Crippen molar-refractivity contribution in [1.29, 1.82) is 0 Å². The molecule has 0 spiro atoms. The van der Waals surface area contributed by atoms with Gasteiger partial charge in [0.25, 0.3) is 0 Å². The van der Waals surface area contributed by atoms with Crippen LogP contribution in [-0.2, 0) is 4.79 Å². The van der Waals surface area contributed by atoms with E-state index in [-0.39, 0.29) is 0 Å². The maximum Gasteiger partial charge on any atom is 0.212 e. The predicted octanol–water partition coefficient (Wildman–Crippen LogP) is 2.80. The summed E-state index contributed by atoms with van der Waals surface area (Å²) in [6.07, 6.45) is 6.07. The number of aromatic nitrogens is 5. The maximum atomic E-state index is 10.7. The quantitative estimate of drug-likeness (QED) is 0.240. The molecule has 0 bridgehead atoms. The van der Waals surface area contributed by atoms with Gasteiger partial charge in [0, 0.05) is 35.0 Å². The zero-order chi connectivity index (χ0) is 19.7. The minimum atomic E-state index is 0.435. The number of fused-ring (bicyclic) bond motifs is 3. The van der Waals surface area contributed by atoms with Gasteiger partial charge in [0.1, 0.15) is 17.9 Å². The second-order valence-electron chi connectivity index (χ2n) is 6.23. The number of oxime groups is 1. The Morgan fingerprint density at radius 3 is 2.79 bits per heavy atom. The Kier molecular flexibility index (Phi) is 4.40. The summed E-state index contributed by atoms with van der Waals surface area (Å²) in [7, 11) is 0. The van der Waals surface area contributed by atoms with E-state index in [2.05, 4.69) is 30.5 Å². The third-order valence-corrected chi connectivity index (χ3v) is 4.59. The highest BCUT2D eigenvalue weighted by molar-refractivity contribution is 5.99. The van der Waals surface area contributed by atoms with Gasteiger partial charge in [-0.2, -0.15) is 5.10 Å². The summed E-state index contributed by atoms with van der Waals surface area (Å²) in [5.74, 6) is 0.435. The normalized spacial score (nSPS) is 11.9. The van der Waals surface area contributed by atoms with E-state index < -0.39 is 0 Å². The lowest BCUT2D eigenvalue weighted by atomic mass is 10.0. The summed E-state index contributed by atoms with van der Waals surface area (Å²) in [5, 5.41) is 20.2. The highest BCUT2D eigenvalue weighted by atomic mass is 16.4. The Morgan fingerprint density at radius 1 is 1.21 bits per heavy atom. The first-order chi connectivity index (χ1) is 13.7. The van der Waals surface area contributed by atoms with Crippen LogP contribution in [0.2, 0.25) is 0 Å². The Morgan fingerprint density at radius 2 is 2.07 bits per heavy atom. The maximum absolute atomic E-state index is 10.7. The van der Waals surface area contributed by atoms with E-state index in [1.165, 1.54) is 6.33 Å². The average molecular weight is 375 g/mol. The molecule has 0 fully saturated rings. The van der Waals surface area contributed by atoms with E-state index in [1.54, 1.807) is 23.0 Å². The molecule has 0 unspecified atom stereocenters. The van der Waals surface area contributed by atoms with Crippen molar-refractivity contribution in [3.8, 4) is 11.1 Å². The molecule has 0 saturated carbocycles. The van der Waals surface area contributed by atoms with Crippen molar-refractivity contribution in [3.63, 3.8) is 0 Å². The van der Waals surface area contributed by atoms with Crippen LogP contribution in [-0.4, -0.2) is 41.9 Å². The summed E-state index contributed by atoms with van der Waals surface area (Å²) < 4.78 is 1.71. The van der Waals surface area contributed by atoms with Gasteiger partial charge in [-0.3, -0.25) is 9.78 Å². The smallest absolute Gasteiger partial charge is 0.212 e. The fourth-order valence-electron chi connectivity index (χ4n) is 3.21. The Hall–Kier alpha value is -3.88. The van der Waals surface area contributed by atoms with Gasteiger partial charge in [-0.05, 0) is 31.0 Å². The number of nitrogens with one attached hydrogen (secondary N) is 1. The van der Waals surface area contributed by atoms with Crippen LogP contribution in [0.3, 0.4) is 0 Å². The molecular weight excluding hydrogens is 358 g/mol. The molecule has 0 aliphatic rings. The SMILES string of the molecule is CC/C(=N/O)c1cc(C)c(-c2cc3cnc(NC=O)cc3n3ncnc23)cn1. The average Bonchev–Trinajstić information content (AvgIpc) is 3.19. The van der Waals surface area contributed by atoms with Crippen LogP contribution in [0.4, 0.5) is 5.82 Å². The molecule has 9 nitrogen and oxygen atoms in total. The molecule has 4 heterocycles. The van der Waals surface area contributed by atoms with Gasteiger partial charge in [-0.25, -0.2) is 14.5 Å². The molecule has 2 N–H and O–H groups in total. The lowest BCUT2D eigenvalue weighted by Crippen LogP contribution is -2.04. The zero-order valence-corrected chi connectivity index (χ0v) is 15.3. The van der Waals surface area contributed by atoms with Crippen LogP contribution in [0.25, 0.3) is 27.7 Å². The van der Waals surface area contributed by atoms with Gasteiger partial charge >= 0.3 is 0 Å². The molecule has 4 aromatic rings. The Bertz CT molecular complexity index is 1230. The first kappa shape index (κ1) is 17.5. The topological polar surface area (TPSA) is 118 Å². The second-order valence-corrected chi connectivity index (χ2v) is 6.23. The number of anilines is 1. The van der Waals surface area contributed by atoms with Crippen LogP contribution >= 0.6 is 0 Å². The van der Waals surface area contributed by atoms with E-state index in [9.17, 15) is 4.79 Å². The van der Waals surface area contributed by atoms with E-state index in [0.717, 1.165) is 27.6 Å². The molecule has 0 aliphatic heterocycles. The minimum absolute atomic E-state index is 0.435. The van der Waals surface area contributed by atoms with E-state index in [4.69, 9.17) is 5.21 Å². The summed E-state index contributed by atoms with van der Waals surface area (Å²) in [6.45, 7) is 3.88. The van der Waals surface area contributed by atoms with E-state index >= 15 is 0 Å². The lowest BCUT2D eigenvalue weighted by Gasteiger charge is -2.11. The lowest BCUT2D eigenvalue weighted by molar-refractivity contribution is -0.105. The van der Waals surface area contributed by atoms with Crippen molar-refractivity contribution < 1.29 is 10.0 Å². The van der Waals surface area contributed by atoms with Crippen molar-refractivity contribution in [2.45, 2.75) is 20.3 Å². The molecule has 4 rings (SSSR count). The standard InChI is InChI=1S/C19H17N7O2/c1-3-15(25-28)16-4-11(2)14(8-20-16)13-5-12-7-21-18(23-10-27)6-17(12)26-19(13)22-9-24-26/h4-10,28H,3H2,1-2H3,(H,21,23,27)/b25-15-. The number of carbonyl (C=O) groups is 1. The molecule has 1 amide bonds.